The van der Waals surface area contributed by atoms with Crippen LogP contribution >= 0.6 is 0 Å². The van der Waals surface area contributed by atoms with Crippen LogP contribution in [0.2, 0.25) is 0 Å². The Morgan fingerprint density at radius 1 is 1.70 bits per heavy atom. The summed E-state index contributed by atoms with van der Waals surface area (Å²) in [7, 11) is 0. The number of halogens is 1. The second kappa shape index (κ2) is 4.97. The molecule has 0 atom stereocenters. The molecule has 0 radical (unpaired) electrons. The van der Waals surface area contributed by atoms with Crippen molar-refractivity contribution >= 4 is 6.21 Å². The third kappa shape index (κ3) is 3.22. The summed E-state index contributed by atoms with van der Waals surface area (Å²) in [5.41, 5.74) is 5.46. The monoisotopic (exact) mass is 144 g/mol. The number of unbranched alkanes of at least 4 members (excludes halogenated alkanes) is 1. The van der Waals surface area contributed by atoms with Crippen LogP contribution in [0.4, 0.5) is 4.39 Å². The molecule has 0 aliphatic heterocycles. The fraction of sp³-hybridized carbons (Fsp3) is 0.571. The highest BCUT2D eigenvalue weighted by molar-refractivity contribution is 5.73. The summed E-state index contributed by atoms with van der Waals surface area (Å²) in [5.74, 6) is -0.603. The van der Waals surface area contributed by atoms with E-state index < -0.39 is 5.83 Å². The van der Waals surface area contributed by atoms with E-state index in [1.54, 1.807) is 0 Å². The van der Waals surface area contributed by atoms with Gasteiger partial charge in [-0.2, -0.15) is 0 Å². The number of hydrogen-bond donors (Lipinski definition) is 2. The molecule has 0 aliphatic rings. The fourth-order valence-electron chi connectivity index (χ4n) is 0.579. The van der Waals surface area contributed by atoms with E-state index in [1.807, 2.05) is 6.92 Å². The number of allylic oxidation sites excluding steroid dienone is 2. The molecule has 0 aliphatic carbocycles. The van der Waals surface area contributed by atoms with Gasteiger partial charge < -0.3 is 11.1 Å². The Hall–Kier alpha value is -0.860. The van der Waals surface area contributed by atoms with E-state index in [0.717, 1.165) is 12.8 Å². The molecule has 10 heavy (non-hydrogen) atoms. The molecule has 0 heterocycles. The molecular weight excluding hydrogens is 131 g/mol. The summed E-state index contributed by atoms with van der Waals surface area (Å²) in [6.07, 6.45) is 3.07. The largest absolute Gasteiger partial charge is 0.400 e. The Labute approximate surface area is 60.4 Å². The molecule has 0 amide bonds. The smallest absolute Gasteiger partial charge is 0.159 e. The van der Waals surface area contributed by atoms with Gasteiger partial charge in [0.05, 0.1) is 6.21 Å². The molecule has 0 bridgehead atoms. The van der Waals surface area contributed by atoms with Crippen LogP contribution in [0.3, 0.4) is 0 Å². The molecular formula is C7H13FN2. The van der Waals surface area contributed by atoms with Crippen LogP contribution in [-0.4, -0.2) is 6.21 Å². The lowest BCUT2D eigenvalue weighted by Gasteiger charge is -1.97. The van der Waals surface area contributed by atoms with Crippen LogP contribution in [-0.2, 0) is 0 Å². The van der Waals surface area contributed by atoms with Gasteiger partial charge in [-0.1, -0.05) is 13.3 Å². The molecule has 0 aromatic rings. The molecule has 0 fully saturated rings. The summed E-state index contributed by atoms with van der Waals surface area (Å²) in [4.78, 5) is 0. The van der Waals surface area contributed by atoms with Crippen molar-refractivity contribution in [3.05, 3.63) is 11.5 Å². The van der Waals surface area contributed by atoms with Gasteiger partial charge in [0.15, 0.2) is 5.83 Å². The molecule has 0 rings (SSSR count). The van der Waals surface area contributed by atoms with Crippen molar-refractivity contribution in [1.82, 2.24) is 0 Å². The Morgan fingerprint density at radius 3 is 2.70 bits per heavy atom. The van der Waals surface area contributed by atoms with Crippen molar-refractivity contribution < 1.29 is 4.39 Å². The predicted molar refractivity (Wildman–Crippen MR) is 40.6 cm³/mol. The van der Waals surface area contributed by atoms with E-state index in [-0.39, 0.29) is 5.70 Å². The maximum absolute atomic E-state index is 12.4. The SMILES string of the molecule is CCCCC(N)=C(F)C=N. The summed E-state index contributed by atoms with van der Waals surface area (Å²) in [6.45, 7) is 2.01. The quantitative estimate of drug-likeness (QED) is 0.582. The minimum Gasteiger partial charge on any atom is -0.400 e. The molecule has 0 saturated carbocycles. The third-order valence-corrected chi connectivity index (χ3v) is 1.23. The Balaban J connectivity index is 3.79. The first kappa shape index (κ1) is 9.14. The van der Waals surface area contributed by atoms with Crippen LogP contribution in [0.15, 0.2) is 11.5 Å². The van der Waals surface area contributed by atoms with Crippen LogP contribution < -0.4 is 5.73 Å². The lowest BCUT2D eigenvalue weighted by Crippen LogP contribution is -2.00. The Morgan fingerprint density at radius 2 is 2.30 bits per heavy atom. The average molecular weight is 144 g/mol. The molecule has 3 heteroatoms. The van der Waals surface area contributed by atoms with Gasteiger partial charge in [-0.15, -0.1) is 0 Å². The summed E-state index contributed by atoms with van der Waals surface area (Å²) >= 11 is 0. The zero-order valence-corrected chi connectivity index (χ0v) is 6.15. The van der Waals surface area contributed by atoms with Crippen molar-refractivity contribution in [2.45, 2.75) is 26.2 Å². The van der Waals surface area contributed by atoms with Gasteiger partial charge in [0.25, 0.3) is 0 Å². The van der Waals surface area contributed by atoms with Crippen molar-refractivity contribution in [2.75, 3.05) is 0 Å². The van der Waals surface area contributed by atoms with Crippen LogP contribution in [0, 0.1) is 5.41 Å². The number of hydrogen-bond acceptors (Lipinski definition) is 2. The molecule has 0 spiro atoms. The van der Waals surface area contributed by atoms with Crippen molar-refractivity contribution in [3.63, 3.8) is 0 Å². The van der Waals surface area contributed by atoms with Crippen LogP contribution in [0.1, 0.15) is 26.2 Å². The van der Waals surface area contributed by atoms with E-state index in [1.165, 1.54) is 0 Å². The topological polar surface area (TPSA) is 49.9 Å². The molecule has 58 valence electrons. The highest BCUT2D eigenvalue weighted by atomic mass is 19.1. The van der Waals surface area contributed by atoms with Gasteiger partial charge in [0.1, 0.15) is 0 Å². The molecule has 0 saturated heterocycles. The molecule has 0 unspecified atom stereocenters. The summed E-state index contributed by atoms with van der Waals surface area (Å²) in [6, 6.07) is 0. The van der Waals surface area contributed by atoms with Crippen molar-refractivity contribution in [1.29, 1.82) is 5.41 Å². The third-order valence-electron chi connectivity index (χ3n) is 1.23. The lowest BCUT2D eigenvalue weighted by molar-refractivity contribution is 0.650. The second-order valence-electron chi connectivity index (χ2n) is 2.12. The molecule has 0 aromatic carbocycles. The second-order valence-corrected chi connectivity index (χ2v) is 2.12. The van der Waals surface area contributed by atoms with Crippen LogP contribution in [0.5, 0.6) is 0 Å². The van der Waals surface area contributed by atoms with Gasteiger partial charge in [-0.25, -0.2) is 4.39 Å². The van der Waals surface area contributed by atoms with E-state index in [2.05, 4.69) is 0 Å². The highest BCUT2D eigenvalue weighted by Gasteiger charge is 1.96. The lowest BCUT2D eigenvalue weighted by atomic mass is 10.2. The molecule has 2 nitrogen and oxygen atoms in total. The minimum atomic E-state index is -0.603. The first-order chi connectivity index (χ1) is 4.72. The van der Waals surface area contributed by atoms with Gasteiger partial charge in [-0.3, -0.25) is 0 Å². The summed E-state index contributed by atoms with van der Waals surface area (Å²) < 4.78 is 12.4. The van der Waals surface area contributed by atoms with Gasteiger partial charge in [-0.05, 0) is 12.8 Å². The van der Waals surface area contributed by atoms with Crippen molar-refractivity contribution in [2.24, 2.45) is 5.73 Å². The molecule has 3 N–H and O–H groups in total. The van der Waals surface area contributed by atoms with E-state index in [4.69, 9.17) is 11.1 Å². The summed E-state index contributed by atoms with van der Waals surface area (Å²) in [5, 5.41) is 6.54. The fourth-order valence-corrected chi connectivity index (χ4v) is 0.579. The Bertz CT molecular complexity index is 141. The van der Waals surface area contributed by atoms with Crippen molar-refractivity contribution in [3.8, 4) is 0 Å². The first-order valence-electron chi connectivity index (χ1n) is 3.37. The number of rotatable bonds is 4. The standard InChI is InChI=1S/C7H13FN2/c1-2-3-4-7(10)6(8)5-9/h5,9H,2-4,10H2,1H3. The Kier molecular flexibility index (Phi) is 4.54. The first-order valence-corrected chi connectivity index (χ1v) is 3.37. The maximum Gasteiger partial charge on any atom is 0.159 e. The highest BCUT2D eigenvalue weighted by Crippen LogP contribution is 2.06. The van der Waals surface area contributed by atoms with Gasteiger partial charge >= 0.3 is 0 Å². The predicted octanol–water partition coefficient (Wildman–Crippen LogP) is 1.97. The molecule has 0 aromatic heterocycles. The zero-order chi connectivity index (χ0) is 7.98. The maximum atomic E-state index is 12.4. The zero-order valence-electron chi connectivity index (χ0n) is 6.15. The van der Waals surface area contributed by atoms with E-state index in [9.17, 15) is 4.39 Å². The minimum absolute atomic E-state index is 0.192. The van der Waals surface area contributed by atoms with Gasteiger partial charge in [0, 0.05) is 5.70 Å². The number of nitrogens with two attached hydrogens (primary N) is 1. The average Bonchev–Trinajstić information content (AvgIpc) is 1.98. The van der Waals surface area contributed by atoms with Gasteiger partial charge in [0.2, 0.25) is 0 Å². The van der Waals surface area contributed by atoms with Crippen LogP contribution in [0.25, 0.3) is 0 Å². The normalized spacial score (nSPS) is 12.6. The number of nitrogens with one attached hydrogen (secondary N) is 1. The van der Waals surface area contributed by atoms with E-state index in [0.29, 0.717) is 12.6 Å². The van der Waals surface area contributed by atoms with E-state index >= 15 is 0 Å².